The van der Waals surface area contributed by atoms with Gasteiger partial charge in [-0.05, 0) is 37.6 Å². The number of nitrogens with zero attached hydrogens (tertiary/aromatic N) is 1. The summed E-state index contributed by atoms with van der Waals surface area (Å²) in [5.41, 5.74) is 1.67. The summed E-state index contributed by atoms with van der Waals surface area (Å²) >= 11 is 6.17. The summed E-state index contributed by atoms with van der Waals surface area (Å²) < 4.78 is 0. The fourth-order valence-corrected chi connectivity index (χ4v) is 2.75. The van der Waals surface area contributed by atoms with Crippen LogP contribution in [0.1, 0.15) is 26.7 Å². The van der Waals surface area contributed by atoms with Crippen molar-refractivity contribution in [2.75, 3.05) is 30.3 Å². The second kappa shape index (κ2) is 6.95. The van der Waals surface area contributed by atoms with Crippen LogP contribution in [0.2, 0.25) is 5.02 Å². The van der Waals surface area contributed by atoms with E-state index in [-0.39, 0.29) is 5.91 Å². The van der Waals surface area contributed by atoms with Gasteiger partial charge in [0.1, 0.15) is 0 Å². The van der Waals surface area contributed by atoms with Crippen molar-refractivity contribution in [1.82, 2.24) is 4.90 Å². The number of amides is 1. The number of piperidine rings is 1. The van der Waals surface area contributed by atoms with Crippen molar-refractivity contribution in [2.45, 2.75) is 32.7 Å². The maximum atomic E-state index is 11.0. The van der Waals surface area contributed by atoms with Crippen LogP contribution in [0.25, 0.3) is 0 Å². The average Bonchev–Trinajstić information content (AvgIpc) is 2.42. The molecule has 20 heavy (non-hydrogen) atoms. The van der Waals surface area contributed by atoms with Crippen molar-refractivity contribution >= 4 is 28.9 Å². The number of halogens is 1. The van der Waals surface area contributed by atoms with Crippen molar-refractivity contribution in [3.63, 3.8) is 0 Å². The van der Waals surface area contributed by atoms with Crippen molar-refractivity contribution in [3.05, 3.63) is 23.2 Å². The molecule has 1 aliphatic heterocycles. The van der Waals surface area contributed by atoms with Gasteiger partial charge in [-0.2, -0.15) is 0 Å². The molecule has 1 amide bonds. The van der Waals surface area contributed by atoms with Crippen LogP contribution in [-0.4, -0.2) is 36.5 Å². The summed E-state index contributed by atoms with van der Waals surface area (Å²) in [5, 5.41) is 6.80. The zero-order valence-electron chi connectivity index (χ0n) is 12.1. The van der Waals surface area contributed by atoms with Gasteiger partial charge in [0, 0.05) is 31.7 Å². The maximum Gasteiger partial charge on any atom is 0.221 e. The Hall–Kier alpha value is -1.26. The van der Waals surface area contributed by atoms with Gasteiger partial charge in [0.05, 0.1) is 10.7 Å². The molecule has 0 saturated carbocycles. The quantitative estimate of drug-likeness (QED) is 0.896. The Balaban J connectivity index is 1.93. The van der Waals surface area contributed by atoms with Gasteiger partial charge in [0.2, 0.25) is 5.91 Å². The van der Waals surface area contributed by atoms with E-state index in [0.717, 1.165) is 38.2 Å². The van der Waals surface area contributed by atoms with Crippen LogP contribution in [0, 0.1) is 0 Å². The first-order valence-corrected chi connectivity index (χ1v) is 7.52. The Kier molecular flexibility index (Phi) is 5.26. The van der Waals surface area contributed by atoms with E-state index in [1.54, 1.807) is 0 Å². The van der Waals surface area contributed by atoms with Crippen LogP contribution in [0.3, 0.4) is 0 Å². The van der Waals surface area contributed by atoms with E-state index in [1.807, 2.05) is 18.2 Å². The molecule has 0 unspecified atom stereocenters. The van der Waals surface area contributed by atoms with E-state index in [0.29, 0.717) is 16.8 Å². The molecule has 1 aromatic carbocycles. The van der Waals surface area contributed by atoms with E-state index in [4.69, 9.17) is 11.6 Å². The number of hydrogen-bond donors (Lipinski definition) is 2. The number of carbonyl (C=O) groups excluding carboxylic acids is 1. The Labute approximate surface area is 125 Å². The van der Waals surface area contributed by atoms with Gasteiger partial charge < -0.3 is 15.5 Å². The lowest BCUT2D eigenvalue weighted by Crippen LogP contribution is -2.38. The van der Waals surface area contributed by atoms with Crippen molar-refractivity contribution < 1.29 is 4.79 Å². The Morgan fingerprint density at radius 2 is 2.10 bits per heavy atom. The first kappa shape index (κ1) is 15.1. The fraction of sp³-hybridized carbons (Fsp3) is 0.533. The van der Waals surface area contributed by atoms with Gasteiger partial charge in [-0.3, -0.25) is 4.79 Å². The molecule has 2 N–H and O–H groups in total. The third-order valence-corrected chi connectivity index (χ3v) is 4.00. The highest BCUT2D eigenvalue weighted by Crippen LogP contribution is 2.26. The van der Waals surface area contributed by atoms with Crippen LogP contribution < -0.4 is 10.6 Å². The number of carbonyl (C=O) groups is 1. The van der Waals surface area contributed by atoms with Gasteiger partial charge in [0.15, 0.2) is 0 Å². The largest absolute Gasteiger partial charge is 0.382 e. The van der Waals surface area contributed by atoms with E-state index < -0.39 is 0 Å². The lowest BCUT2D eigenvalue weighted by molar-refractivity contribution is -0.114. The van der Waals surface area contributed by atoms with E-state index in [2.05, 4.69) is 22.5 Å². The summed E-state index contributed by atoms with van der Waals surface area (Å²) in [4.78, 5) is 13.5. The van der Waals surface area contributed by atoms with Crippen LogP contribution >= 0.6 is 11.6 Å². The van der Waals surface area contributed by atoms with E-state index in [9.17, 15) is 4.79 Å². The molecule has 0 spiro atoms. The monoisotopic (exact) mass is 295 g/mol. The van der Waals surface area contributed by atoms with Gasteiger partial charge in [-0.15, -0.1) is 0 Å². The van der Waals surface area contributed by atoms with E-state index in [1.165, 1.54) is 6.92 Å². The molecule has 1 saturated heterocycles. The zero-order chi connectivity index (χ0) is 14.5. The van der Waals surface area contributed by atoms with Crippen molar-refractivity contribution in [1.29, 1.82) is 0 Å². The SMILES string of the molecule is CCN1CCC(Nc2ccc(NC(C)=O)c(Cl)c2)CC1. The van der Waals surface area contributed by atoms with Gasteiger partial charge in [-0.25, -0.2) is 0 Å². The second-order valence-electron chi connectivity index (χ2n) is 5.23. The molecule has 0 bridgehead atoms. The lowest BCUT2D eigenvalue weighted by Gasteiger charge is -2.32. The first-order chi connectivity index (χ1) is 9.58. The van der Waals surface area contributed by atoms with Gasteiger partial charge in [0.25, 0.3) is 0 Å². The minimum Gasteiger partial charge on any atom is -0.382 e. The molecule has 0 radical (unpaired) electrons. The minimum atomic E-state index is -0.112. The number of likely N-dealkylation sites (tertiary alicyclic amines) is 1. The Morgan fingerprint density at radius 3 is 2.65 bits per heavy atom. The number of nitrogens with one attached hydrogen (secondary N) is 2. The summed E-state index contributed by atoms with van der Waals surface area (Å²) in [6.07, 6.45) is 2.30. The number of anilines is 2. The molecule has 5 heteroatoms. The highest BCUT2D eigenvalue weighted by Gasteiger charge is 2.17. The highest BCUT2D eigenvalue weighted by atomic mass is 35.5. The minimum absolute atomic E-state index is 0.112. The average molecular weight is 296 g/mol. The van der Waals surface area contributed by atoms with E-state index >= 15 is 0 Å². The lowest BCUT2D eigenvalue weighted by atomic mass is 10.0. The molecule has 1 aliphatic rings. The molecule has 0 atom stereocenters. The Morgan fingerprint density at radius 1 is 1.40 bits per heavy atom. The predicted octanol–water partition coefficient (Wildman–Crippen LogP) is 3.19. The topological polar surface area (TPSA) is 44.4 Å². The summed E-state index contributed by atoms with van der Waals surface area (Å²) in [6, 6.07) is 6.18. The summed E-state index contributed by atoms with van der Waals surface area (Å²) in [5.74, 6) is -0.112. The molecular formula is C15H22ClN3O. The fourth-order valence-electron chi connectivity index (χ4n) is 2.53. The number of rotatable bonds is 4. The number of benzene rings is 1. The van der Waals surface area contributed by atoms with Gasteiger partial charge >= 0.3 is 0 Å². The third kappa shape index (κ3) is 4.12. The standard InChI is InChI=1S/C15H22ClN3O/c1-3-19-8-6-12(7-9-19)18-13-4-5-15(14(16)10-13)17-11(2)20/h4-5,10,12,18H,3,6-9H2,1-2H3,(H,17,20). The maximum absolute atomic E-state index is 11.0. The highest BCUT2D eigenvalue weighted by molar-refractivity contribution is 6.34. The molecular weight excluding hydrogens is 274 g/mol. The summed E-state index contributed by atoms with van der Waals surface area (Å²) in [7, 11) is 0. The van der Waals surface area contributed by atoms with Crippen LogP contribution in [0.4, 0.5) is 11.4 Å². The molecule has 0 aromatic heterocycles. The van der Waals surface area contributed by atoms with Crippen LogP contribution in [0.15, 0.2) is 18.2 Å². The van der Waals surface area contributed by atoms with Crippen LogP contribution in [-0.2, 0) is 4.79 Å². The Bertz CT molecular complexity index is 470. The number of hydrogen-bond acceptors (Lipinski definition) is 3. The van der Waals surface area contributed by atoms with Crippen molar-refractivity contribution in [3.8, 4) is 0 Å². The third-order valence-electron chi connectivity index (χ3n) is 3.69. The molecule has 1 fully saturated rings. The second-order valence-corrected chi connectivity index (χ2v) is 5.64. The van der Waals surface area contributed by atoms with Crippen molar-refractivity contribution in [2.24, 2.45) is 0 Å². The molecule has 2 rings (SSSR count). The normalized spacial score (nSPS) is 16.9. The first-order valence-electron chi connectivity index (χ1n) is 7.14. The summed E-state index contributed by atoms with van der Waals surface area (Å²) in [6.45, 7) is 7.10. The zero-order valence-corrected chi connectivity index (χ0v) is 12.8. The molecule has 0 aliphatic carbocycles. The molecule has 4 nitrogen and oxygen atoms in total. The van der Waals surface area contributed by atoms with Crippen LogP contribution in [0.5, 0.6) is 0 Å². The predicted molar refractivity (Wildman–Crippen MR) is 84.5 cm³/mol. The molecule has 110 valence electrons. The molecule has 1 aromatic rings. The smallest absolute Gasteiger partial charge is 0.221 e. The van der Waals surface area contributed by atoms with Gasteiger partial charge in [-0.1, -0.05) is 18.5 Å². The molecule has 1 heterocycles.